The third kappa shape index (κ3) is 4.04. The average molecular weight is 246 g/mol. The molecule has 0 radical (unpaired) electrons. The van der Waals surface area contributed by atoms with Crippen molar-refractivity contribution in [2.75, 3.05) is 6.61 Å². The minimum absolute atomic E-state index is 0. The van der Waals surface area contributed by atoms with Crippen LogP contribution in [-0.2, 0) is 14.3 Å². The first-order chi connectivity index (χ1) is 7.57. The van der Waals surface area contributed by atoms with E-state index in [0.29, 0.717) is 4.88 Å². The van der Waals surface area contributed by atoms with Crippen molar-refractivity contribution < 1.29 is 38.0 Å². The average Bonchev–Trinajstić information content (AvgIpc) is 2.79. The molecule has 1 heterocycles. The molecule has 0 amide bonds. The summed E-state index contributed by atoms with van der Waals surface area (Å²) in [6, 6.07) is 3.31. The third-order valence-electron chi connectivity index (χ3n) is 1.89. The van der Waals surface area contributed by atoms with E-state index in [2.05, 4.69) is 4.74 Å². The first-order valence-electron chi connectivity index (χ1n) is 4.71. The third-order valence-corrected chi connectivity index (χ3v) is 2.76. The molecular weight excluding hydrogens is 235 g/mol. The van der Waals surface area contributed by atoms with E-state index >= 15 is 0 Å². The fourth-order valence-electron chi connectivity index (χ4n) is 1.05. The van der Waals surface area contributed by atoms with Gasteiger partial charge in [0.15, 0.2) is 5.78 Å². The van der Waals surface area contributed by atoms with Crippen LogP contribution in [0.15, 0.2) is 17.5 Å². The van der Waals surface area contributed by atoms with Gasteiger partial charge < -0.3 is 19.1 Å². The molecule has 4 nitrogen and oxygen atoms in total. The first kappa shape index (κ1) is 16.0. The number of ketones is 2. The van der Waals surface area contributed by atoms with Gasteiger partial charge in [0, 0.05) is 0 Å². The van der Waals surface area contributed by atoms with Gasteiger partial charge in [-0.05, 0) is 17.2 Å². The summed E-state index contributed by atoms with van der Waals surface area (Å²) < 4.78 is 4.53. The van der Waals surface area contributed by atoms with Crippen molar-refractivity contribution in [1.29, 1.82) is 0 Å². The Labute approximate surface area is 116 Å². The molecule has 17 heavy (non-hydrogen) atoms. The quantitative estimate of drug-likeness (QED) is 0.161. The minimum Gasteiger partial charge on any atom is -0.517 e. The van der Waals surface area contributed by atoms with Gasteiger partial charge in [-0.1, -0.05) is 25.0 Å². The Bertz CT molecular complexity index is 400. The molecule has 0 atom stereocenters. The standard InChI is InChI=1S/C11H11O4S.Li/c1-3-15-11(14)10(13)7(2)9(12)8-5-4-6-16-8;/h4-6H,3H2,1-2H3;/q-1;+1. The van der Waals surface area contributed by atoms with Gasteiger partial charge in [-0.3, -0.25) is 0 Å². The molecule has 1 aromatic rings. The van der Waals surface area contributed by atoms with E-state index in [4.69, 9.17) is 0 Å². The molecule has 0 spiro atoms. The van der Waals surface area contributed by atoms with Gasteiger partial charge in [0.25, 0.3) is 5.97 Å². The van der Waals surface area contributed by atoms with Crippen molar-refractivity contribution in [3.05, 3.63) is 28.3 Å². The smallest absolute Gasteiger partial charge is 0.517 e. The molecule has 1 rings (SSSR count). The zero-order valence-electron chi connectivity index (χ0n) is 9.98. The van der Waals surface area contributed by atoms with Crippen LogP contribution in [-0.4, -0.2) is 24.1 Å². The first-order valence-corrected chi connectivity index (χ1v) is 5.59. The second kappa shape index (κ2) is 7.33. The maximum absolute atomic E-state index is 11.7. The Morgan fingerprint density at radius 2 is 2.06 bits per heavy atom. The van der Waals surface area contributed by atoms with Crippen LogP contribution < -0.4 is 18.9 Å². The van der Waals surface area contributed by atoms with Gasteiger partial charge in [0.05, 0.1) is 12.4 Å². The molecule has 1 aromatic heterocycles. The molecule has 0 bridgehead atoms. The number of hydrogen-bond donors (Lipinski definition) is 0. The SMILES string of the molecule is CCOC(=O)C(=O)[C-](C)C(=O)c1cccs1.[Li+]. The van der Waals surface area contributed by atoms with Crippen LogP contribution >= 0.6 is 11.3 Å². The molecule has 0 aliphatic heterocycles. The van der Waals surface area contributed by atoms with Crippen LogP contribution in [0.4, 0.5) is 0 Å². The molecule has 0 saturated heterocycles. The number of carbonyl (C=O) groups excluding carboxylic acids is 3. The predicted molar refractivity (Wildman–Crippen MR) is 59.2 cm³/mol. The van der Waals surface area contributed by atoms with Gasteiger partial charge >= 0.3 is 18.9 Å². The Kier molecular flexibility index (Phi) is 6.89. The van der Waals surface area contributed by atoms with Crippen molar-refractivity contribution in [3.8, 4) is 0 Å². The van der Waals surface area contributed by atoms with E-state index in [9.17, 15) is 14.4 Å². The van der Waals surface area contributed by atoms with E-state index in [-0.39, 0.29) is 31.4 Å². The maximum atomic E-state index is 11.7. The molecule has 0 saturated carbocycles. The van der Waals surface area contributed by atoms with Crippen LogP contribution in [0, 0.1) is 5.92 Å². The van der Waals surface area contributed by atoms with Crippen molar-refractivity contribution in [2.24, 2.45) is 0 Å². The molecule has 0 aliphatic carbocycles. The number of rotatable bonds is 5. The van der Waals surface area contributed by atoms with Crippen LogP contribution in [0.25, 0.3) is 0 Å². The zero-order valence-corrected chi connectivity index (χ0v) is 10.8. The van der Waals surface area contributed by atoms with E-state index in [1.807, 2.05) is 0 Å². The fraction of sp³-hybridized carbons (Fsp3) is 0.273. The molecule has 86 valence electrons. The summed E-state index contributed by atoms with van der Waals surface area (Å²) in [7, 11) is 0. The molecule has 0 aromatic carbocycles. The van der Waals surface area contributed by atoms with Gasteiger partial charge in [0.1, 0.15) is 0 Å². The molecule has 6 heteroatoms. The predicted octanol–water partition coefficient (Wildman–Crippen LogP) is -1.34. The van der Waals surface area contributed by atoms with Crippen LogP contribution in [0.3, 0.4) is 0 Å². The van der Waals surface area contributed by atoms with Crippen molar-refractivity contribution >= 4 is 28.9 Å². The molecule has 0 N–H and O–H groups in total. The zero-order chi connectivity index (χ0) is 12.1. The van der Waals surface area contributed by atoms with Crippen LogP contribution in [0.2, 0.25) is 0 Å². The van der Waals surface area contributed by atoms with Crippen LogP contribution in [0.5, 0.6) is 0 Å². The largest absolute Gasteiger partial charge is 1.00 e. The molecule has 0 fully saturated rings. The fourth-order valence-corrected chi connectivity index (χ4v) is 1.77. The van der Waals surface area contributed by atoms with E-state index in [0.717, 1.165) is 0 Å². The Morgan fingerprint density at radius 3 is 2.53 bits per heavy atom. The van der Waals surface area contributed by atoms with E-state index in [1.54, 1.807) is 24.4 Å². The summed E-state index contributed by atoms with van der Waals surface area (Å²) in [5, 5.41) is 1.73. The number of hydrogen-bond acceptors (Lipinski definition) is 5. The Hall–Kier alpha value is -1.02. The van der Waals surface area contributed by atoms with Gasteiger partial charge in [-0.2, -0.15) is 0 Å². The summed E-state index contributed by atoms with van der Waals surface area (Å²) in [5.74, 6) is -2.39. The number of Topliss-reactive ketones (excluding diaryl/α,β-unsaturated/α-hetero) is 2. The number of ether oxygens (including phenoxy) is 1. The monoisotopic (exact) mass is 246 g/mol. The normalized spacial score (nSPS) is 9.06. The van der Waals surface area contributed by atoms with E-state index in [1.165, 1.54) is 18.3 Å². The summed E-state index contributed by atoms with van der Waals surface area (Å²) in [4.78, 5) is 34.7. The number of esters is 1. The summed E-state index contributed by atoms with van der Waals surface area (Å²) in [6.07, 6.45) is 0. The molecule has 0 aliphatic rings. The van der Waals surface area contributed by atoms with Gasteiger partial charge in [-0.15, -0.1) is 0 Å². The van der Waals surface area contributed by atoms with Crippen molar-refractivity contribution in [2.45, 2.75) is 13.8 Å². The van der Waals surface area contributed by atoms with E-state index < -0.39 is 17.5 Å². The minimum atomic E-state index is -0.982. The summed E-state index contributed by atoms with van der Waals surface area (Å²) in [5.41, 5.74) is 0. The van der Waals surface area contributed by atoms with Crippen molar-refractivity contribution in [3.63, 3.8) is 0 Å². The molecule has 0 unspecified atom stereocenters. The molecular formula is C11H11LiO4S. The number of thiophene rings is 1. The number of carbonyl (C=O) groups is 3. The summed E-state index contributed by atoms with van der Waals surface area (Å²) >= 11 is 1.23. The van der Waals surface area contributed by atoms with Crippen LogP contribution in [0.1, 0.15) is 23.5 Å². The summed E-state index contributed by atoms with van der Waals surface area (Å²) in [6.45, 7) is 3.05. The Balaban J connectivity index is 0.00000256. The second-order valence-corrected chi connectivity index (χ2v) is 3.93. The Morgan fingerprint density at radius 1 is 1.41 bits per heavy atom. The topological polar surface area (TPSA) is 60.4 Å². The second-order valence-electron chi connectivity index (χ2n) is 2.98. The van der Waals surface area contributed by atoms with Gasteiger partial charge in [0.2, 0.25) is 0 Å². The van der Waals surface area contributed by atoms with Gasteiger partial charge in [-0.25, -0.2) is 11.3 Å². The maximum Gasteiger partial charge on any atom is 1.00 e. The van der Waals surface area contributed by atoms with Crippen molar-refractivity contribution in [1.82, 2.24) is 0 Å².